The predicted octanol–water partition coefficient (Wildman–Crippen LogP) is 0.241. The van der Waals surface area contributed by atoms with Crippen LogP contribution in [0.3, 0.4) is 0 Å². The average Bonchev–Trinajstić information content (AvgIpc) is 2.76. The van der Waals surface area contributed by atoms with Crippen LogP contribution in [-0.2, 0) is 9.59 Å². The second kappa shape index (κ2) is 5.69. The molecule has 2 fully saturated rings. The van der Waals surface area contributed by atoms with Crippen LogP contribution in [0.25, 0.3) is 0 Å². The zero-order valence-electron chi connectivity index (χ0n) is 11.0. The average molecular weight is 253 g/mol. The quantitative estimate of drug-likeness (QED) is 0.740. The molecule has 102 valence electrons. The van der Waals surface area contributed by atoms with Gasteiger partial charge in [-0.1, -0.05) is 0 Å². The van der Waals surface area contributed by atoms with E-state index in [1.807, 2.05) is 4.90 Å². The number of hydrogen-bond acceptors (Lipinski definition) is 3. The van der Waals surface area contributed by atoms with Gasteiger partial charge in [0, 0.05) is 38.0 Å². The van der Waals surface area contributed by atoms with Crippen LogP contribution in [0.5, 0.6) is 0 Å². The van der Waals surface area contributed by atoms with Gasteiger partial charge in [0.25, 0.3) is 0 Å². The Bertz CT molecular complexity index is 324. The number of likely N-dealkylation sites (tertiary alicyclic amines) is 1. The molecule has 1 aliphatic heterocycles. The van der Waals surface area contributed by atoms with Crippen molar-refractivity contribution < 1.29 is 9.59 Å². The molecule has 1 heterocycles. The van der Waals surface area contributed by atoms with E-state index in [1.54, 1.807) is 0 Å². The Morgan fingerprint density at radius 1 is 1.17 bits per heavy atom. The number of hydrogen-bond donors (Lipinski definition) is 2. The Kier molecular flexibility index (Phi) is 4.22. The molecule has 0 aromatic carbocycles. The lowest BCUT2D eigenvalue weighted by atomic mass is 9.85. The summed E-state index contributed by atoms with van der Waals surface area (Å²) in [5.74, 6) is 0.397. The van der Waals surface area contributed by atoms with Crippen molar-refractivity contribution in [3.8, 4) is 0 Å². The van der Waals surface area contributed by atoms with E-state index in [1.165, 1.54) is 6.92 Å². The molecule has 0 aromatic heterocycles. The molecule has 1 unspecified atom stereocenters. The third-order valence-electron chi connectivity index (χ3n) is 4.03. The Hall–Kier alpha value is -1.10. The molecule has 1 saturated heterocycles. The smallest absolute Gasteiger partial charge is 0.225 e. The monoisotopic (exact) mass is 253 g/mol. The SMILES string of the molecule is CC(=O)NC1CCN(C(=O)C2CCC(N)CC2)C1. The van der Waals surface area contributed by atoms with Crippen molar-refractivity contribution in [2.75, 3.05) is 13.1 Å². The molecule has 1 saturated carbocycles. The van der Waals surface area contributed by atoms with E-state index in [2.05, 4.69) is 5.32 Å². The van der Waals surface area contributed by atoms with E-state index in [9.17, 15) is 9.59 Å². The van der Waals surface area contributed by atoms with Gasteiger partial charge in [-0.05, 0) is 32.1 Å². The summed E-state index contributed by atoms with van der Waals surface area (Å²) in [7, 11) is 0. The largest absolute Gasteiger partial charge is 0.352 e. The zero-order chi connectivity index (χ0) is 13.1. The second-order valence-electron chi connectivity index (χ2n) is 5.58. The Morgan fingerprint density at radius 2 is 1.83 bits per heavy atom. The molecule has 18 heavy (non-hydrogen) atoms. The maximum Gasteiger partial charge on any atom is 0.225 e. The van der Waals surface area contributed by atoms with Gasteiger partial charge in [0.05, 0.1) is 0 Å². The molecule has 0 spiro atoms. The van der Waals surface area contributed by atoms with Crippen molar-refractivity contribution in [3.05, 3.63) is 0 Å². The Morgan fingerprint density at radius 3 is 2.44 bits per heavy atom. The Labute approximate surface area is 108 Å². The summed E-state index contributed by atoms with van der Waals surface area (Å²) < 4.78 is 0. The van der Waals surface area contributed by atoms with Crippen LogP contribution in [0.15, 0.2) is 0 Å². The standard InChI is InChI=1S/C13H23N3O2/c1-9(17)15-12-6-7-16(8-12)13(18)10-2-4-11(14)5-3-10/h10-12H,2-8,14H2,1H3,(H,15,17). The topological polar surface area (TPSA) is 75.4 Å². The van der Waals surface area contributed by atoms with Gasteiger partial charge in [-0.2, -0.15) is 0 Å². The third kappa shape index (κ3) is 3.22. The van der Waals surface area contributed by atoms with Crippen LogP contribution >= 0.6 is 0 Å². The first-order chi connectivity index (χ1) is 8.56. The zero-order valence-corrected chi connectivity index (χ0v) is 11.0. The summed E-state index contributed by atoms with van der Waals surface area (Å²) in [6, 6.07) is 0.414. The molecular weight excluding hydrogens is 230 g/mol. The van der Waals surface area contributed by atoms with E-state index in [0.29, 0.717) is 6.54 Å². The first-order valence-corrected chi connectivity index (χ1v) is 6.87. The number of nitrogens with zero attached hydrogens (tertiary/aromatic N) is 1. The molecule has 0 bridgehead atoms. The highest BCUT2D eigenvalue weighted by atomic mass is 16.2. The number of amides is 2. The minimum Gasteiger partial charge on any atom is -0.352 e. The number of rotatable bonds is 2. The van der Waals surface area contributed by atoms with Crippen LogP contribution < -0.4 is 11.1 Å². The van der Waals surface area contributed by atoms with Crippen molar-refractivity contribution in [2.24, 2.45) is 11.7 Å². The van der Waals surface area contributed by atoms with Gasteiger partial charge in [-0.3, -0.25) is 9.59 Å². The van der Waals surface area contributed by atoms with Crippen LogP contribution in [0.4, 0.5) is 0 Å². The molecule has 1 atom stereocenters. The molecule has 5 heteroatoms. The summed E-state index contributed by atoms with van der Waals surface area (Å²) in [6.07, 6.45) is 4.62. The van der Waals surface area contributed by atoms with Gasteiger partial charge in [-0.15, -0.1) is 0 Å². The summed E-state index contributed by atoms with van der Waals surface area (Å²) in [6.45, 7) is 2.96. The summed E-state index contributed by atoms with van der Waals surface area (Å²) in [5.41, 5.74) is 5.86. The molecule has 0 aromatic rings. The van der Waals surface area contributed by atoms with Crippen LogP contribution in [0.1, 0.15) is 39.0 Å². The fourth-order valence-electron chi connectivity index (χ4n) is 2.99. The summed E-state index contributed by atoms with van der Waals surface area (Å²) in [4.78, 5) is 25.2. The number of nitrogens with two attached hydrogens (primary N) is 1. The number of carbonyl (C=O) groups excluding carboxylic acids is 2. The van der Waals surface area contributed by atoms with Crippen LogP contribution in [0.2, 0.25) is 0 Å². The highest BCUT2D eigenvalue weighted by molar-refractivity contribution is 5.79. The van der Waals surface area contributed by atoms with Gasteiger partial charge in [0.1, 0.15) is 0 Å². The summed E-state index contributed by atoms with van der Waals surface area (Å²) in [5, 5.41) is 2.88. The maximum atomic E-state index is 12.3. The summed E-state index contributed by atoms with van der Waals surface area (Å²) >= 11 is 0. The lowest BCUT2D eigenvalue weighted by molar-refractivity contribution is -0.135. The van der Waals surface area contributed by atoms with Crippen molar-refractivity contribution in [1.29, 1.82) is 0 Å². The molecule has 2 rings (SSSR count). The fourth-order valence-corrected chi connectivity index (χ4v) is 2.99. The normalized spacial score (nSPS) is 32.3. The number of carbonyl (C=O) groups is 2. The van der Waals surface area contributed by atoms with Gasteiger partial charge < -0.3 is 16.0 Å². The lowest BCUT2D eigenvalue weighted by Crippen LogP contribution is -2.41. The highest BCUT2D eigenvalue weighted by Gasteiger charge is 2.32. The molecule has 3 N–H and O–H groups in total. The van der Waals surface area contributed by atoms with Gasteiger partial charge >= 0.3 is 0 Å². The van der Waals surface area contributed by atoms with Gasteiger partial charge in [-0.25, -0.2) is 0 Å². The minimum atomic E-state index is -0.0158. The number of nitrogens with one attached hydrogen (secondary N) is 1. The second-order valence-corrected chi connectivity index (χ2v) is 5.58. The highest BCUT2D eigenvalue weighted by Crippen LogP contribution is 2.26. The third-order valence-corrected chi connectivity index (χ3v) is 4.03. The molecule has 2 aliphatic rings. The minimum absolute atomic E-state index is 0.0158. The molecule has 1 aliphatic carbocycles. The first-order valence-electron chi connectivity index (χ1n) is 6.87. The van der Waals surface area contributed by atoms with Crippen molar-refractivity contribution in [3.63, 3.8) is 0 Å². The van der Waals surface area contributed by atoms with E-state index >= 15 is 0 Å². The van der Waals surface area contributed by atoms with Crippen molar-refractivity contribution in [2.45, 2.75) is 51.1 Å². The predicted molar refractivity (Wildman–Crippen MR) is 68.7 cm³/mol. The molecule has 2 amide bonds. The van der Waals surface area contributed by atoms with Crippen LogP contribution in [-0.4, -0.2) is 41.9 Å². The van der Waals surface area contributed by atoms with E-state index in [-0.39, 0.29) is 29.8 Å². The van der Waals surface area contributed by atoms with Crippen molar-refractivity contribution >= 4 is 11.8 Å². The maximum absolute atomic E-state index is 12.3. The molecular formula is C13H23N3O2. The fraction of sp³-hybridized carbons (Fsp3) is 0.846. The Balaban J connectivity index is 1.82. The molecule has 0 radical (unpaired) electrons. The van der Waals surface area contributed by atoms with Gasteiger partial charge in [0.15, 0.2) is 0 Å². The van der Waals surface area contributed by atoms with E-state index < -0.39 is 0 Å². The molecule has 5 nitrogen and oxygen atoms in total. The lowest BCUT2D eigenvalue weighted by Gasteiger charge is -2.28. The van der Waals surface area contributed by atoms with Gasteiger partial charge in [0.2, 0.25) is 11.8 Å². The van der Waals surface area contributed by atoms with Crippen molar-refractivity contribution in [1.82, 2.24) is 10.2 Å². The van der Waals surface area contributed by atoms with E-state index in [0.717, 1.165) is 38.6 Å². The first kappa shape index (κ1) is 13.3. The van der Waals surface area contributed by atoms with E-state index in [4.69, 9.17) is 5.73 Å². The van der Waals surface area contributed by atoms with Crippen LogP contribution in [0, 0.1) is 5.92 Å².